The van der Waals surface area contributed by atoms with E-state index in [1.54, 1.807) is 11.3 Å². The SMILES string of the molecule is CC(Oc1ccc(C(C)(C)C)cc1)c1nc(CCl)cs1. The van der Waals surface area contributed by atoms with E-state index in [0.29, 0.717) is 5.88 Å². The van der Waals surface area contributed by atoms with Crippen LogP contribution >= 0.6 is 22.9 Å². The predicted molar refractivity (Wildman–Crippen MR) is 85.9 cm³/mol. The molecule has 20 heavy (non-hydrogen) atoms. The minimum Gasteiger partial charge on any atom is -0.484 e. The quantitative estimate of drug-likeness (QED) is 0.713. The minimum atomic E-state index is -0.0579. The maximum absolute atomic E-state index is 5.93. The van der Waals surface area contributed by atoms with Crippen molar-refractivity contribution in [3.05, 3.63) is 45.9 Å². The van der Waals surface area contributed by atoms with Gasteiger partial charge in [-0.3, -0.25) is 0 Å². The third-order valence-electron chi connectivity index (χ3n) is 3.09. The van der Waals surface area contributed by atoms with Gasteiger partial charge < -0.3 is 4.74 Å². The highest BCUT2D eigenvalue weighted by Gasteiger charge is 2.15. The molecule has 2 aromatic rings. The molecule has 0 saturated heterocycles. The fourth-order valence-corrected chi connectivity index (χ4v) is 2.89. The molecule has 0 spiro atoms. The minimum absolute atomic E-state index is 0.0579. The summed E-state index contributed by atoms with van der Waals surface area (Å²) in [4.78, 5) is 4.44. The Kier molecular flexibility index (Phi) is 4.71. The number of nitrogens with zero attached hydrogens (tertiary/aromatic N) is 1. The Bertz CT molecular complexity index is 557. The molecule has 0 saturated carbocycles. The van der Waals surface area contributed by atoms with Crippen molar-refractivity contribution in [3.63, 3.8) is 0 Å². The lowest BCUT2D eigenvalue weighted by atomic mass is 9.87. The van der Waals surface area contributed by atoms with Gasteiger partial charge in [-0.25, -0.2) is 4.98 Å². The largest absolute Gasteiger partial charge is 0.484 e. The molecule has 4 heteroatoms. The van der Waals surface area contributed by atoms with Crippen LogP contribution in [0.25, 0.3) is 0 Å². The number of rotatable bonds is 4. The molecule has 0 N–H and O–H groups in total. The Morgan fingerprint density at radius 3 is 2.40 bits per heavy atom. The van der Waals surface area contributed by atoms with Crippen LogP contribution in [-0.4, -0.2) is 4.98 Å². The van der Waals surface area contributed by atoms with Crippen LogP contribution in [0.4, 0.5) is 0 Å². The van der Waals surface area contributed by atoms with Crippen LogP contribution in [0.3, 0.4) is 0 Å². The number of halogens is 1. The second-order valence-corrected chi connectivity index (χ2v) is 7.00. The van der Waals surface area contributed by atoms with Crippen LogP contribution < -0.4 is 4.74 Å². The van der Waals surface area contributed by atoms with Crippen molar-refractivity contribution < 1.29 is 4.74 Å². The second-order valence-electron chi connectivity index (χ2n) is 5.85. The number of aromatic nitrogens is 1. The number of thiazole rings is 1. The molecule has 108 valence electrons. The maximum atomic E-state index is 5.93. The maximum Gasteiger partial charge on any atom is 0.147 e. The number of alkyl halides is 1. The van der Waals surface area contributed by atoms with Gasteiger partial charge in [-0.15, -0.1) is 22.9 Å². The van der Waals surface area contributed by atoms with Gasteiger partial charge in [0.05, 0.1) is 11.6 Å². The van der Waals surface area contributed by atoms with E-state index in [1.165, 1.54) is 5.56 Å². The van der Waals surface area contributed by atoms with Crippen LogP contribution in [0.1, 0.15) is 50.1 Å². The van der Waals surface area contributed by atoms with Crippen molar-refractivity contribution in [2.75, 3.05) is 0 Å². The molecular formula is C16H20ClNOS. The topological polar surface area (TPSA) is 22.1 Å². The molecule has 0 amide bonds. The summed E-state index contributed by atoms with van der Waals surface area (Å²) < 4.78 is 5.93. The summed E-state index contributed by atoms with van der Waals surface area (Å²) in [6.07, 6.45) is -0.0579. The smallest absolute Gasteiger partial charge is 0.147 e. The van der Waals surface area contributed by atoms with Gasteiger partial charge >= 0.3 is 0 Å². The van der Waals surface area contributed by atoms with E-state index in [0.717, 1.165) is 16.5 Å². The van der Waals surface area contributed by atoms with E-state index in [4.69, 9.17) is 16.3 Å². The lowest BCUT2D eigenvalue weighted by molar-refractivity contribution is 0.226. The lowest BCUT2D eigenvalue weighted by Crippen LogP contribution is -2.10. The normalized spacial score (nSPS) is 13.2. The predicted octanol–water partition coefficient (Wildman–Crippen LogP) is 5.32. The first kappa shape index (κ1) is 15.3. The highest BCUT2D eigenvalue weighted by Crippen LogP contribution is 2.28. The number of ether oxygens (including phenoxy) is 1. The molecule has 0 aliphatic heterocycles. The van der Waals surface area contributed by atoms with Crippen LogP contribution in [0, 0.1) is 0 Å². The molecule has 0 aliphatic rings. The summed E-state index contributed by atoms with van der Waals surface area (Å²) in [6, 6.07) is 8.28. The Morgan fingerprint density at radius 1 is 1.25 bits per heavy atom. The van der Waals surface area contributed by atoms with Gasteiger partial charge in [-0.05, 0) is 30.0 Å². The van der Waals surface area contributed by atoms with E-state index < -0.39 is 0 Å². The molecule has 0 fully saturated rings. The number of hydrogen-bond acceptors (Lipinski definition) is 3. The summed E-state index contributed by atoms with van der Waals surface area (Å²) in [5, 5.41) is 2.94. The van der Waals surface area contributed by atoms with Gasteiger partial charge in [0, 0.05) is 5.38 Å². The highest BCUT2D eigenvalue weighted by atomic mass is 35.5. The molecule has 1 unspecified atom stereocenters. The number of hydrogen-bond donors (Lipinski definition) is 0. The summed E-state index contributed by atoms with van der Waals surface area (Å²) in [5.74, 6) is 1.32. The molecule has 1 atom stereocenters. The van der Waals surface area contributed by atoms with Crippen molar-refractivity contribution in [2.24, 2.45) is 0 Å². The van der Waals surface area contributed by atoms with Crippen molar-refractivity contribution in [1.82, 2.24) is 4.98 Å². The Hall–Kier alpha value is -1.06. The van der Waals surface area contributed by atoms with Gasteiger partial charge in [-0.2, -0.15) is 0 Å². The van der Waals surface area contributed by atoms with Gasteiger partial charge in [0.25, 0.3) is 0 Å². The highest BCUT2D eigenvalue weighted by molar-refractivity contribution is 7.09. The molecule has 1 aromatic heterocycles. The first-order valence-corrected chi connectivity index (χ1v) is 8.09. The van der Waals surface area contributed by atoms with Crippen LogP contribution in [-0.2, 0) is 11.3 Å². The zero-order valence-electron chi connectivity index (χ0n) is 12.3. The van der Waals surface area contributed by atoms with Crippen LogP contribution in [0.2, 0.25) is 0 Å². The van der Waals surface area contributed by atoms with E-state index >= 15 is 0 Å². The number of benzene rings is 1. The molecule has 1 aromatic carbocycles. The first-order chi connectivity index (χ1) is 9.40. The van der Waals surface area contributed by atoms with Gasteiger partial charge in [0.2, 0.25) is 0 Å². The molecule has 2 nitrogen and oxygen atoms in total. The van der Waals surface area contributed by atoms with Gasteiger partial charge in [0.15, 0.2) is 0 Å². The summed E-state index contributed by atoms with van der Waals surface area (Å²) >= 11 is 7.36. The summed E-state index contributed by atoms with van der Waals surface area (Å²) in [6.45, 7) is 8.62. The average Bonchev–Trinajstić information content (AvgIpc) is 2.87. The molecule has 0 radical (unpaired) electrons. The fourth-order valence-electron chi connectivity index (χ4n) is 1.86. The van der Waals surface area contributed by atoms with Crippen molar-refractivity contribution in [1.29, 1.82) is 0 Å². The van der Waals surface area contributed by atoms with E-state index in [2.05, 4.69) is 37.9 Å². The molecule has 1 heterocycles. The van der Waals surface area contributed by atoms with E-state index in [1.807, 2.05) is 24.4 Å². The monoisotopic (exact) mass is 309 g/mol. The van der Waals surface area contributed by atoms with Crippen molar-refractivity contribution in [2.45, 2.75) is 45.1 Å². The summed E-state index contributed by atoms with van der Waals surface area (Å²) in [7, 11) is 0. The van der Waals surface area contributed by atoms with Gasteiger partial charge in [0.1, 0.15) is 16.9 Å². The zero-order valence-corrected chi connectivity index (χ0v) is 13.9. The molecule has 2 rings (SSSR count). The van der Waals surface area contributed by atoms with Crippen LogP contribution in [0.15, 0.2) is 29.6 Å². The Labute approximate surface area is 129 Å². The zero-order chi connectivity index (χ0) is 14.8. The van der Waals surface area contributed by atoms with Crippen molar-refractivity contribution >= 4 is 22.9 Å². The molecule has 0 aliphatic carbocycles. The van der Waals surface area contributed by atoms with Gasteiger partial charge in [-0.1, -0.05) is 32.9 Å². The second kappa shape index (κ2) is 6.15. The van der Waals surface area contributed by atoms with E-state index in [9.17, 15) is 0 Å². The first-order valence-electron chi connectivity index (χ1n) is 6.67. The summed E-state index contributed by atoms with van der Waals surface area (Å²) in [5.41, 5.74) is 2.37. The average molecular weight is 310 g/mol. The Morgan fingerprint density at radius 2 is 1.90 bits per heavy atom. The van der Waals surface area contributed by atoms with Crippen LogP contribution in [0.5, 0.6) is 5.75 Å². The standard InChI is InChI=1S/C16H20ClNOS/c1-11(15-18-13(9-17)10-20-15)19-14-7-5-12(6-8-14)16(2,3)4/h5-8,10-11H,9H2,1-4H3. The molecular weight excluding hydrogens is 290 g/mol. The fraction of sp³-hybridized carbons (Fsp3) is 0.438. The van der Waals surface area contributed by atoms with E-state index in [-0.39, 0.29) is 11.5 Å². The third kappa shape index (κ3) is 3.74. The Balaban J connectivity index is 2.06. The van der Waals surface area contributed by atoms with Crippen molar-refractivity contribution in [3.8, 4) is 5.75 Å². The molecule has 0 bridgehead atoms. The third-order valence-corrected chi connectivity index (χ3v) is 4.42. The lowest BCUT2D eigenvalue weighted by Gasteiger charge is -2.19.